The van der Waals surface area contributed by atoms with Gasteiger partial charge in [-0.1, -0.05) is 17.5 Å². The molecule has 0 saturated carbocycles. The number of ether oxygens (including phenoxy) is 1. The Morgan fingerprint density at radius 2 is 2.37 bits per heavy atom. The highest BCUT2D eigenvalue weighted by Crippen LogP contribution is 2.33. The highest BCUT2D eigenvalue weighted by atomic mass is 35.5. The van der Waals surface area contributed by atoms with Crippen molar-refractivity contribution in [2.45, 2.75) is 13.0 Å². The molecular formula is C14H14ClNO3. The predicted molar refractivity (Wildman–Crippen MR) is 72.4 cm³/mol. The Hall–Kier alpha value is -1.70. The topological polar surface area (TPSA) is 49.8 Å². The maximum absolute atomic E-state index is 10.8. The number of aliphatic carboxylic acids is 1. The minimum Gasteiger partial charge on any atom is -0.493 e. The maximum atomic E-state index is 10.8. The highest BCUT2D eigenvalue weighted by Gasteiger charge is 2.20. The van der Waals surface area contributed by atoms with Crippen LogP contribution < -0.4 is 4.74 Å². The van der Waals surface area contributed by atoms with E-state index in [0.29, 0.717) is 18.2 Å². The first-order valence-corrected chi connectivity index (χ1v) is 6.29. The average molecular weight is 280 g/mol. The molecule has 4 nitrogen and oxygen atoms in total. The van der Waals surface area contributed by atoms with E-state index in [9.17, 15) is 4.79 Å². The van der Waals surface area contributed by atoms with Gasteiger partial charge in [0.25, 0.3) is 0 Å². The molecule has 1 aliphatic rings. The number of hydrogen-bond acceptors (Lipinski definition) is 3. The summed E-state index contributed by atoms with van der Waals surface area (Å²) in [4.78, 5) is 12.5. The van der Waals surface area contributed by atoms with Gasteiger partial charge in [0, 0.05) is 23.6 Å². The van der Waals surface area contributed by atoms with Gasteiger partial charge in [-0.3, -0.25) is 9.69 Å². The Balaban J connectivity index is 2.22. The largest absolute Gasteiger partial charge is 0.493 e. The molecule has 100 valence electrons. The van der Waals surface area contributed by atoms with Gasteiger partial charge < -0.3 is 9.84 Å². The number of carboxylic acid groups (broad SMARTS) is 1. The molecule has 1 aromatic rings. The lowest BCUT2D eigenvalue weighted by Crippen LogP contribution is -2.29. The molecule has 0 aliphatic carbocycles. The van der Waals surface area contributed by atoms with Gasteiger partial charge in [0.2, 0.25) is 0 Å². The molecule has 19 heavy (non-hydrogen) atoms. The van der Waals surface area contributed by atoms with Crippen LogP contribution in [0.1, 0.15) is 11.1 Å². The van der Waals surface area contributed by atoms with Gasteiger partial charge in [0.05, 0.1) is 19.7 Å². The molecule has 0 atom stereocenters. The fourth-order valence-electron chi connectivity index (χ4n) is 2.19. The van der Waals surface area contributed by atoms with Crippen LogP contribution >= 0.6 is 11.6 Å². The summed E-state index contributed by atoms with van der Waals surface area (Å²) in [7, 11) is 0. The highest BCUT2D eigenvalue weighted by molar-refractivity contribution is 6.30. The van der Waals surface area contributed by atoms with E-state index < -0.39 is 5.97 Å². The zero-order chi connectivity index (χ0) is 13.8. The number of halogens is 1. The SMILES string of the molecule is C#CCN(CC(=O)O)Cc1cc(Cl)cc2c1OCC2. The summed E-state index contributed by atoms with van der Waals surface area (Å²) in [5.74, 6) is 2.37. The summed E-state index contributed by atoms with van der Waals surface area (Å²) < 4.78 is 5.58. The van der Waals surface area contributed by atoms with Crippen LogP contribution in [0.2, 0.25) is 5.02 Å². The van der Waals surface area contributed by atoms with Crippen LogP contribution in [0.25, 0.3) is 0 Å². The van der Waals surface area contributed by atoms with Crippen LogP contribution in [0.15, 0.2) is 12.1 Å². The van der Waals surface area contributed by atoms with E-state index in [1.165, 1.54) is 0 Å². The van der Waals surface area contributed by atoms with Gasteiger partial charge in [-0.25, -0.2) is 0 Å². The molecular weight excluding hydrogens is 266 g/mol. The molecule has 0 aromatic heterocycles. The molecule has 5 heteroatoms. The minimum absolute atomic E-state index is 0.106. The van der Waals surface area contributed by atoms with Crippen molar-refractivity contribution in [2.24, 2.45) is 0 Å². The molecule has 0 amide bonds. The summed E-state index contributed by atoms with van der Waals surface area (Å²) in [6.07, 6.45) is 6.09. The van der Waals surface area contributed by atoms with Crippen molar-refractivity contribution < 1.29 is 14.6 Å². The van der Waals surface area contributed by atoms with E-state index in [0.717, 1.165) is 23.3 Å². The summed E-state index contributed by atoms with van der Waals surface area (Å²) in [6, 6.07) is 3.69. The second-order valence-corrected chi connectivity index (χ2v) is 4.83. The number of benzene rings is 1. The first-order valence-electron chi connectivity index (χ1n) is 5.92. The van der Waals surface area contributed by atoms with Crippen LogP contribution in [0.5, 0.6) is 5.75 Å². The fourth-order valence-corrected chi connectivity index (χ4v) is 2.46. The molecule has 0 bridgehead atoms. The lowest BCUT2D eigenvalue weighted by molar-refractivity contribution is -0.138. The summed E-state index contributed by atoms with van der Waals surface area (Å²) in [6.45, 7) is 1.22. The van der Waals surface area contributed by atoms with E-state index in [1.54, 1.807) is 11.0 Å². The zero-order valence-corrected chi connectivity index (χ0v) is 11.1. The maximum Gasteiger partial charge on any atom is 0.317 e. The van der Waals surface area contributed by atoms with Gasteiger partial charge >= 0.3 is 5.97 Å². The van der Waals surface area contributed by atoms with Crippen LogP contribution in [-0.4, -0.2) is 35.7 Å². The number of rotatable bonds is 5. The molecule has 2 rings (SSSR count). The van der Waals surface area contributed by atoms with Crippen molar-refractivity contribution in [3.63, 3.8) is 0 Å². The van der Waals surface area contributed by atoms with Gasteiger partial charge in [-0.05, 0) is 17.7 Å². The van der Waals surface area contributed by atoms with E-state index in [4.69, 9.17) is 27.9 Å². The fraction of sp³-hybridized carbons (Fsp3) is 0.357. The Morgan fingerprint density at radius 1 is 1.58 bits per heavy atom. The van der Waals surface area contributed by atoms with Crippen molar-refractivity contribution in [3.05, 3.63) is 28.3 Å². The quantitative estimate of drug-likeness (QED) is 0.835. The smallest absolute Gasteiger partial charge is 0.317 e. The number of carboxylic acids is 1. The third-order valence-corrected chi connectivity index (χ3v) is 3.11. The zero-order valence-electron chi connectivity index (χ0n) is 10.4. The van der Waals surface area contributed by atoms with E-state index >= 15 is 0 Å². The molecule has 1 heterocycles. The first kappa shape index (κ1) is 13.7. The Bertz CT molecular complexity index is 536. The average Bonchev–Trinajstić information content (AvgIpc) is 2.76. The number of terminal acetylenes is 1. The third-order valence-electron chi connectivity index (χ3n) is 2.89. The molecule has 1 aliphatic heterocycles. The number of fused-ring (bicyclic) bond motifs is 1. The minimum atomic E-state index is -0.908. The van der Waals surface area contributed by atoms with E-state index in [1.807, 2.05) is 6.07 Å². The van der Waals surface area contributed by atoms with Gasteiger partial charge in [-0.2, -0.15) is 0 Å². The van der Waals surface area contributed by atoms with Crippen molar-refractivity contribution in [3.8, 4) is 18.1 Å². The van der Waals surface area contributed by atoms with Crippen LogP contribution in [0, 0.1) is 12.3 Å². The van der Waals surface area contributed by atoms with Gasteiger partial charge in [0.1, 0.15) is 5.75 Å². The van der Waals surface area contributed by atoms with Crippen LogP contribution in [-0.2, 0) is 17.8 Å². The first-order chi connectivity index (χ1) is 9.10. The van der Waals surface area contributed by atoms with Gasteiger partial charge in [-0.15, -0.1) is 6.42 Å². The summed E-state index contributed by atoms with van der Waals surface area (Å²) >= 11 is 6.06. The molecule has 0 spiro atoms. The standard InChI is InChI=1S/C14H14ClNO3/c1-2-4-16(9-13(17)18)8-11-7-12(15)6-10-3-5-19-14(10)11/h1,6-7H,3-5,8-9H2,(H,17,18). The second kappa shape index (κ2) is 5.96. The lowest BCUT2D eigenvalue weighted by atomic mass is 10.1. The monoisotopic (exact) mass is 279 g/mol. The predicted octanol–water partition coefficient (Wildman–Crippen LogP) is 1.79. The Morgan fingerprint density at radius 3 is 3.05 bits per heavy atom. The Labute approximate surface area is 116 Å². The normalized spacial score (nSPS) is 12.9. The van der Waals surface area contributed by atoms with Crippen molar-refractivity contribution in [1.82, 2.24) is 4.90 Å². The lowest BCUT2D eigenvalue weighted by Gasteiger charge is -2.19. The van der Waals surface area contributed by atoms with E-state index in [2.05, 4.69) is 5.92 Å². The molecule has 0 saturated heterocycles. The molecule has 0 radical (unpaired) electrons. The van der Waals surface area contributed by atoms with Crippen molar-refractivity contribution >= 4 is 17.6 Å². The third kappa shape index (κ3) is 3.40. The van der Waals surface area contributed by atoms with E-state index in [-0.39, 0.29) is 13.1 Å². The number of nitrogens with zero attached hydrogens (tertiary/aromatic N) is 1. The summed E-state index contributed by atoms with van der Waals surface area (Å²) in [5, 5.41) is 9.50. The molecule has 1 aromatic carbocycles. The van der Waals surface area contributed by atoms with Crippen molar-refractivity contribution in [1.29, 1.82) is 0 Å². The molecule has 0 fully saturated rings. The Kier molecular flexibility index (Phi) is 4.31. The second-order valence-electron chi connectivity index (χ2n) is 4.39. The van der Waals surface area contributed by atoms with Gasteiger partial charge in [0.15, 0.2) is 0 Å². The number of hydrogen-bond donors (Lipinski definition) is 1. The van der Waals surface area contributed by atoms with Crippen LogP contribution in [0.3, 0.4) is 0 Å². The number of carbonyl (C=O) groups is 1. The molecule has 1 N–H and O–H groups in total. The summed E-state index contributed by atoms with van der Waals surface area (Å²) in [5.41, 5.74) is 1.95. The van der Waals surface area contributed by atoms with Crippen LogP contribution in [0.4, 0.5) is 0 Å². The van der Waals surface area contributed by atoms with Crippen molar-refractivity contribution in [2.75, 3.05) is 19.7 Å². The molecule has 0 unspecified atom stereocenters.